The third kappa shape index (κ3) is 1.88. The van der Waals surface area contributed by atoms with Crippen LogP contribution in [0.5, 0.6) is 5.75 Å². The van der Waals surface area contributed by atoms with Crippen LogP contribution in [0.15, 0.2) is 24.3 Å². The molecule has 86 valence electrons. The van der Waals surface area contributed by atoms with Gasteiger partial charge in [-0.05, 0) is 24.7 Å². The topological polar surface area (TPSA) is 50.4 Å². The zero-order chi connectivity index (χ0) is 11.5. The molecule has 1 aliphatic heterocycles. The quantitative estimate of drug-likeness (QED) is 0.779. The van der Waals surface area contributed by atoms with Crippen LogP contribution < -0.4 is 15.4 Å². The maximum absolute atomic E-state index is 11.5. The number of nitrogens with one attached hydrogen (secondary N) is 2. The number of ether oxygens (including phenoxy) is 1. The summed E-state index contributed by atoms with van der Waals surface area (Å²) in [6, 6.07) is 7.73. The summed E-state index contributed by atoms with van der Waals surface area (Å²) < 4.78 is 5.11. The van der Waals surface area contributed by atoms with E-state index in [1.165, 1.54) is 0 Å². The minimum Gasteiger partial charge on any atom is -0.497 e. The second kappa shape index (κ2) is 4.53. The Morgan fingerprint density at radius 2 is 2.06 bits per heavy atom. The summed E-state index contributed by atoms with van der Waals surface area (Å²) in [5.74, 6) is 1.11. The predicted molar refractivity (Wildman–Crippen MR) is 61.6 cm³/mol. The van der Waals surface area contributed by atoms with Gasteiger partial charge in [0.15, 0.2) is 0 Å². The first-order valence-electron chi connectivity index (χ1n) is 5.35. The van der Waals surface area contributed by atoms with Crippen LogP contribution in [0, 0.1) is 0 Å². The van der Waals surface area contributed by atoms with Gasteiger partial charge in [0.25, 0.3) is 0 Å². The molecule has 4 heteroatoms. The van der Waals surface area contributed by atoms with Crippen molar-refractivity contribution in [1.82, 2.24) is 10.6 Å². The number of hydrogen-bond donors (Lipinski definition) is 2. The van der Waals surface area contributed by atoms with Gasteiger partial charge < -0.3 is 15.4 Å². The van der Waals surface area contributed by atoms with Crippen molar-refractivity contribution in [2.24, 2.45) is 0 Å². The molecule has 0 bridgehead atoms. The fraction of sp³-hybridized carbons (Fsp3) is 0.417. The lowest BCUT2D eigenvalue weighted by atomic mass is 9.94. The van der Waals surface area contributed by atoms with Crippen LogP contribution >= 0.6 is 0 Å². The molecule has 1 aromatic carbocycles. The van der Waals surface area contributed by atoms with E-state index in [2.05, 4.69) is 10.6 Å². The Morgan fingerprint density at radius 1 is 1.38 bits per heavy atom. The Hall–Kier alpha value is -1.55. The average molecular weight is 220 g/mol. The number of benzene rings is 1. The van der Waals surface area contributed by atoms with E-state index < -0.39 is 0 Å². The molecule has 0 aliphatic carbocycles. The van der Waals surface area contributed by atoms with Gasteiger partial charge in [0.1, 0.15) is 5.75 Å². The summed E-state index contributed by atoms with van der Waals surface area (Å²) in [4.78, 5) is 11.5. The Bertz CT molecular complexity index is 375. The zero-order valence-electron chi connectivity index (χ0n) is 9.49. The molecule has 1 aromatic rings. The first kappa shape index (κ1) is 11.0. The molecule has 1 fully saturated rings. The van der Waals surface area contributed by atoms with E-state index in [0.29, 0.717) is 6.54 Å². The highest BCUT2D eigenvalue weighted by Gasteiger charge is 2.34. The molecule has 1 aliphatic rings. The summed E-state index contributed by atoms with van der Waals surface area (Å²) >= 11 is 0. The molecule has 16 heavy (non-hydrogen) atoms. The second-order valence-electron chi connectivity index (χ2n) is 3.89. The first-order valence-corrected chi connectivity index (χ1v) is 5.35. The van der Waals surface area contributed by atoms with E-state index in [-0.39, 0.29) is 17.9 Å². The molecule has 2 rings (SSSR count). The maximum Gasteiger partial charge on any atom is 0.237 e. The van der Waals surface area contributed by atoms with Crippen LogP contribution in [0.3, 0.4) is 0 Å². The summed E-state index contributed by atoms with van der Waals surface area (Å²) in [7, 11) is 3.46. The lowest BCUT2D eigenvalue weighted by Gasteiger charge is -2.16. The second-order valence-corrected chi connectivity index (χ2v) is 3.89. The largest absolute Gasteiger partial charge is 0.497 e. The van der Waals surface area contributed by atoms with Crippen LogP contribution in [-0.4, -0.2) is 32.7 Å². The molecule has 0 spiro atoms. The monoisotopic (exact) mass is 220 g/mol. The van der Waals surface area contributed by atoms with Crippen LogP contribution in [0.4, 0.5) is 0 Å². The van der Waals surface area contributed by atoms with E-state index in [1.807, 2.05) is 31.3 Å². The number of likely N-dealkylation sites (N-methyl/N-ethyl adjacent to an activating group) is 1. The normalized spacial score (nSPS) is 24.2. The minimum atomic E-state index is -0.131. The molecule has 0 radical (unpaired) electrons. The summed E-state index contributed by atoms with van der Waals surface area (Å²) in [5.41, 5.74) is 1.15. The third-order valence-electron chi connectivity index (χ3n) is 3.04. The van der Waals surface area contributed by atoms with Gasteiger partial charge in [-0.25, -0.2) is 0 Å². The number of methoxy groups -OCH3 is 1. The number of rotatable bonds is 3. The van der Waals surface area contributed by atoms with Crippen molar-refractivity contribution in [3.8, 4) is 5.75 Å². The molecule has 2 N–H and O–H groups in total. The van der Waals surface area contributed by atoms with Gasteiger partial charge in [-0.15, -0.1) is 0 Å². The van der Waals surface area contributed by atoms with E-state index in [0.717, 1.165) is 11.3 Å². The fourth-order valence-electron chi connectivity index (χ4n) is 2.11. The standard InChI is InChI=1S/C12H16N2O2/c1-13-11-10(7-14-12(11)15)8-3-5-9(16-2)6-4-8/h3-6,10-11,13H,7H2,1-2H3,(H,14,15)/t10-,11+/m0/s1. The highest BCUT2D eigenvalue weighted by Crippen LogP contribution is 2.25. The third-order valence-corrected chi connectivity index (χ3v) is 3.04. The van der Waals surface area contributed by atoms with Crippen molar-refractivity contribution in [1.29, 1.82) is 0 Å². The summed E-state index contributed by atoms with van der Waals surface area (Å²) in [5, 5.41) is 5.91. The molecule has 2 atom stereocenters. The molecule has 1 amide bonds. The molecular weight excluding hydrogens is 204 g/mol. The summed E-state index contributed by atoms with van der Waals surface area (Å²) in [6.07, 6.45) is 0. The zero-order valence-corrected chi connectivity index (χ0v) is 9.49. The lowest BCUT2D eigenvalue weighted by molar-refractivity contribution is -0.120. The van der Waals surface area contributed by atoms with Crippen molar-refractivity contribution in [3.63, 3.8) is 0 Å². The smallest absolute Gasteiger partial charge is 0.237 e. The lowest BCUT2D eigenvalue weighted by Crippen LogP contribution is -2.36. The fourth-order valence-corrected chi connectivity index (χ4v) is 2.11. The molecule has 4 nitrogen and oxygen atoms in total. The van der Waals surface area contributed by atoms with Gasteiger partial charge in [0, 0.05) is 12.5 Å². The first-order chi connectivity index (χ1) is 7.76. The van der Waals surface area contributed by atoms with Crippen LogP contribution in [0.2, 0.25) is 0 Å². The van der Waals surface area contributed by atoms with Crippen molar-refractivity contribution in [2.75, 3.05) is 20.7 Å². The maximum atomic E-state index is 11.5. The highest BCUT2D eigenvalue weighted by molar-refractivity contribution is 5.85. The van der Waals surface area contributed by atoms with Crippen LogP contribution in [0.1, 0.15) is 11.5 Å². The Labute approximate surface area is 95.0 Å². The van der Waals surface area contributed by atoms with Crippen molar-refractivity contribution in [2.45, 2.75) is 12.0 Å². The van der Waals surface area contributed by atoms with E-state index in [4.69, 9.17) is 4.74 Å². The molecule has 0 saturated carbocycles. The Balaban J connectivity index is 2.20. The van der Waals surface area contributed by atoms with Crippen LogP contribution in [0.25, 0.3) is 0 Å². The van der Waals surface area contributed by atoms with E-state index in [9.17, 15) is 4.79 Å². The Kier molecular flexibility index (Phi) is 3.10. The van der Waals surface area contributed by atoms with Gasteiger partial charge >= 0.3 is 0 Å². The SMILES string of the molecule is CN[C@H]1C(=O)NC[C@H]1c1ccc(OC)cc1. The number of hydrogen-bond acceptors (Lipinski definition) is 3. The van der Waals surface area contributed by atoms with Crippen LogP contribution in [-0.2, 0) is 4.79 Å². The molecule has 0 aromatic heterocycles. The molecule has 1 saturated heterocycles. The number of carbonyl (C=O) groups excluding carboxylic acids is 1. The molecule has 0 unspecified atom stereocenters. The number of amides is 1. The highest BCUT2D eigenvalue weighted by atomic mass is 16.5. The molecule has 1 heterocycles. The van der Waals surface area contributed by atoms with Gasteiger partial charge in [0.2, 0.25) is 5.91 Å². The molecular formula is C12H16N2O2. The number of carbonyl (C=O) groups is 1. The van der Waals surface area contributed by atoms with Gasteiger partial charge in [-0.2, -0.15) is 0 Å². The van der Waals surface area contributed by atoms with Crippen molar-refractivity contribution < 1.29 is 9.53 Å². The Morgan fingerprint density at radius 3 is 2.62 bits per heavy atom. The van der Waals surface area contributed by atoms with Gasteiger partial charge in [-0.1, -0.05) is 12.1 Å². The van der Waals surface area contributed by atoms with E-state index in [1.54, 1.807) is 7.11 Å². The predicted octanol–water partition coefficient (Wildman–Crippen LogP) is 0.497. The summed E-state index contributed by atoms with van der Waals surface area (Å²) in [6.45, 7) is 0.691. The van der Waals surface area contributed by atoms with Gasteiger partial charge in [0.05, 0.1) is 13.2 Å². The minimum absolute atomic E-state index is 0.0725. The van der Waals surface area contributed by atoms with Crippen molar-refractivity contribution >= 4 is 5.91 Å². The average Bonchev–Trinajstić information content (AvgIpc) is 2.70. The van der Waals surface area contributed by atoms with Crippen molar-refractivity contribution in [3.05, 3.63) is 29.8 Å². The van der Waals surface area contributed by atoms with E-state index >= 15 is 0 Å². The van der Waals surface area contributed by atoms with Gasteiger partial charge in [-0.3, -0.25) is 4.79 Å².